The van der Waals surface area contributed by atoms with Gasteiger partial charge in [0.05, 0.1) is 13.2 Å². The van der Waals surface area contributed by atoms with E-state index in [1.165, 1.54) is 17.7 Å². The van der Waals surface area contributed by atoms with Crippen molar-refractivity contribution in [2.24, 2.45) is 5.92 Å². The van der Waals surface area contributed by atoms with E-state index in [0.717, 1.165) is 12.8 Å². The van der Waals surface area contributed by atoms with Crippen LogP contribution in [0.4, 0.5) is 0 Å². The molecule has 2 fully saturated rings. The Kier molecular flexibility index (Phi) is 6.20. The van der Waals surface area contributed by atoms with E-state index in [0.29, 0.717) is 37.6 Å². The van der Waals surface area contributed by atoms with Crippen molar-refractivity contribution in [1.29, 1.82) is 0 Å². The minimum Gasteiger partial charge on any atom is -0.383 e. The number of nitrogens with zero attached hydrogens (tertiary/aromatic N) is 2. The summed E-state index contributed by atoms with van der Waals surface area (Å²) in [6.07, 6.45) is 5.20. The fraction of sp³-hybridized carbons (Fsp3) is 0.875. The lowest BCUT2D eigenvalue weighted by Crippen LogP contribution is -2.44. The molecule has 2 atom stereocenters. The Labute approximate surface area is 133 Å². The maximum Gasteiger partial charge on any atom is 0.241 e. The van der Waals surface area contributed by atoms with Gasteiger partial charge in [-0.3, -0.25) is 9.59 Å². The number of likely N-dealkylation sites (N-methyl/N-ethyl adjacent to an activating group) is 1. The van der Waals surface area contributed by atoms with E-state index >= 15 is 0 Å². The lowest BCUT2D eigenvalue weighted by Gasteiger charge is -2.31. The van der Waals surface area contributed by atoms with Crippen LogP contribution in [0.1, 0.15) is 32.1 Å². The molecule has 0 aromatic heterocycles. The molecule has 2 aliphatic rings. The van der Waals surface area contributed by atoms with Gasteiger partial charge in [0.25, 0.3) is 0 Å². The molecule has 0 aromatic rings. The van der Waals surface area contributed by atoms with Crippen LogP contribution in [-0.2, 0) is 14.3 Å². The van der Waals surface area contributed by atoms with E-state index in [2.05, 4.69) is 5.32 Å². The van der Waals surface area contributed by atoms with Crippen molar-refractivity contribution in [3.63, 3.8) is 0 Å². The number of hydrogen-bond acceptors (Lipinski definition) is 4. The van der Waals surface area contributed by atoms with Crippen LogP contribution in [0.2, 0.25) is 0 Å². The molecule has 2 heterocycles. The van der Waals surface area contributed by atoms with Crippen molar-refractivity contribution in [2.45, 2.75) is 44.2 Å². The molecule has 6 heteroatoms. The molecule has 0 aliphatic carbocycles. The third kappa shape index (κ3) is 4.68. The van der Waals surface area contributed by atoms with Crippen LogP contribution in [0.15, 0.2) is 0 Å². The highest BCUT2D eigenvalue weighted by Gasteiger charge is 2.35. The fourth-order valence-electron chi connectivity index (χ4n) is 3.52. The van der Waals surface area contributed by atoms with E-state index in [1.807, 2.05) is 0 Å². The Hall–Kier alpha value is -1.14. The normalized spacial score (nSPS) is 26.8. The van der Waals surface area contributed by atoms with Crippen LogP contribution >= 0.6 is 0 Å². The summed E-state index contributed by atoms with van der Waals surface area (Å²) in [5.41, 5.74) is 0. The number of nitrogens with one attached hydrogen (secondary N) is 1. The summed E-state index contributed by atoms with van der Waals surface area (Å²) in [7, 11) is 5.04. The molecule has 2 aliphatic heterocycles. The predicted octanol–water partition coefficient (Wildman–Crippen LogP) is 0.470. The minimum atomic E-state index is -0.0465. The number of amides is 2. The molecule has 0 saturated carbocycles. The third-order valence-electron chi connectivity index (χ3n) is 4.78. The third-order valence-corrected chi connectivity index (χ3v) is 4.78. The van der Waals surface area contributed by atoms with E-state index in [-0.39, 0.29) is 18.4 Å². The zero-order valence-electron chi connectivity index (χ0n) is 14.0. The zero-order valence-corrected chi connectivity index (χ0v) is 14.0. The van der Waals surface area contributed by atoms with Gasteiger partial charge in [0.15, 0.2) is 0 Å². The second kappa shape index (κ2) is 7.92. The first-order valence-corrected chi connectivity index (χ1v) is 8.22. The van der Waals surface area contributed by atoms with Gasteiger partial charge in [0.2, 0.25) is 11.8 Å². The Morgan fingerprint density at radius 3 is 2.32 bits per heavy atom. The Balaban J connectivity index is 1.88. The molecule has 2 amide bonds. The first-order chi connectivity index (χ1) is 10.5. The predicted molar refractivity (Wildman–Crippen MR) is 84.4 cm³/mol. The molecule has 0 radical (unpaired) electrons. The van der Waals surface area contributed by atoms with E-state index in [1.54, 1.807) is 26.1 Å². The van der Waals surface area contributed by atoms with Crippen LogP contribution in [0.5, 0.6) is 0 Å². The highest BCUT2D eigenvalue weighted by atomic mass is 16.5. The van der Waals surface area contributed by atoms with Gasteiger partial charge in [-0.2, -0.15) is 0 Å². The second-order valence-corrected chi connectivity index (χ2v) is 6.78. The first-order valence-electron chi connectivity index (χ1n) is 8.22. The van der Waals surface area contributed by atoms with Gasteiger partial charge in [-0.05, 0) is 31.6 Å². The monoisotopic (exact) mass is 311 g/mol. The molecule has 2 unspecified atom stereocenters. The average Bonchev–Trinajstić information content (AvgIpc) is 2.81. The number of ether oxygens (including phenoxy) is 1. The minimum absolute atomic E-state index is 0.0465. The molecule has 0 aromatic carbocycles. The summed E-state index contributed by atoms with van der Waals surface area (Å²) in [5.74, 6) is 0.485. The van der Waals surface area contributed by atoms with Crippen molar-refractivity contribution in [1.82, 2.24) is 15.1 Å². The van der Waals surface area contributed by atoms with Crippen LogP contribution in [0, 0.1) is 5.92 Å². The molecular weight excluding hydrogens is 282 g/mol. The highest BCUT2D eigenvalue weighted by Crippen LogP contribution is 2.32. The average molecular weight is 311 g/mol. The summed E-state index contributed by atoms with van der Waals surface area (Å²) < 4.78 is 5.07. The summed E-state index contributed by atoms with van der Waals surface area (Å²) in [4.78, 5) is 27.7. The van der Waals surface area contributed by atoms with E-state index < -0.39 is 0 Å². The summed E-state index contributed by atoms with van der Waals surface area (Å²) >= 11 is 0. The zero-order chi connectivity index (χ0) is 16.1. The molecule has 6 nitrogen and oxygen atoms in total. The number of piperidine rings is 1. The fourth-order valence-corrected chi connectivity index (χ4v) is 3.52. The number of rotatable bonds is 7. The van der Waals surface area contributed by atoms with Crippen LogP contribution in [-0.4, -0.2) is 74.6 Å². The van der Waals surface area contributed by atoms with Gasteiger partial charge in [-0.15, -0.1) is 0 Å². The Bertz CT molecular complexity index is 388. The molecule has 126 valence electrons. The van der Waals surface area contributed by atoms with Crippen molar-refractivity contribution in [3.8, 4) is 0 Å². The van der Waals surface area contributed by atoms with Gasteiger partial charge in [-0.1, -0.05) is 0 Å². The Morgan fingerprint density at radius 1 is 1.14 bits per heavy atom. The van der Waals surface area contributed by atoms with E-state index in [4.69, 9.17) is 4.74 Å². The number of carbonyl (C=O) groups is 2. The molecule has 22 heavy (non-hydrogen) atoms. The molecule has 1 N–H and O–H groups in total. The van der Waals surface area contributed by atoms with Gasteiger partial charge in [-0.25, -0.2) is 0 Å². The molecule has 0 spiro atoms. The quantitative estimate of drug-likeness (QED) is 0.742. The van der Waals surface area contributed by atoms with Gasteiger partial charge in [0.1, 0.15) is 0 Å². The van der Waals surface area contributed by atoms with Crippen LogP contribution in [0.3, 0.4) is 0 Å². The van der Waals surface area contributed by atoms with Crippen LogP contribution < -0.4 is 5.32 Å². The van der Waals surface area contributed by atoms with Gasteiger partial charge < -0.3 is 19.9 Å². The highest BCUT2D eigenvalue weighted by molar-refractivity contribution is 5.84. The molecule has 2 saturated heterocycles. The molecule has 2 bridgehead atoms. The number of methoxy groups -OCH3 is 1. The maximum atomic E-state index is 12.6. The lowest BCUT2D eigenvalue weighted by molar-refractivity contribution is -0.140. The lowest BCUT2D eigenvalue weighted by atomic mass is 9.89. The van der Waals surface area contributed by atoms with Gasteiger partial charge in [0, 0.05) is 46.3 Å². The number of fused-ring (bicyclic) bond motifs is 2. The SMILES string of the molecule is COCCN(CC(=O)N(C)C)C(=O)CC1CC2CCC(C1)N2. The van der Waals surface area contributed by atoms with Crippen molar-refractivity contribution >= 4 is 11.8 Å². The second-order valence-electron chi connectivity index (χ2n) is 6.78. The first kappa shape index (κ1) is 17.2. The standard InChI is InChI=1S/C16H29N3O3/c1-18(2)16(21)11-19(6-7-22-3)15(20)10-12-8-13-4-5-14(9-12)17-13/h12-14,17H,4-11H2,1-3H3. The topological polar surface area (TPSA) is 61.9 Å². The number of carbonyl (C=O) groups excluding carboxylic acids is 2. The van der Waals surface area contributed by atoms with Crippen molar-refractivity contribution in [2.75, 3.05) is 40.9 Å². The van der Waals surface area contributed by atoms with Crippen molar-refractivity contribution < 1.29 is 14.3 Å². The molecule has 2 rings (SSSR count). The smallest absolute Gasteiger partial charge is 0.241 e. The largest absolute Gasteiger partial charge is 0.383 e. The van der Waals surface area contributed by atoms with E-state index in [9.17, 15) is 9.59 Å². The van der Waals surface area contributed by atoms with Crippen LogP contribution in [0.25, 0.3) is 0 Å². The Morgan fingerprint density at radius 2 is 1.77 bits per heavy atom. The molecular formula is C16H29N3O3. The maximum absolute atomic E-state index is 12.6. The number of hydrogen-bond donors (Lipinski definition) is 1. The van der Waals surface area contributed by atoms with Gasteiger partial charge >= 0.3 is 0 Å². The summed E-state index contributed by atoms with van der Waals surface area (Å²) in [6.45, 7) is 1.09. The van der Waals surface area contributed by atoms with Crippen molar-refractivity contribution in [3.05, 3.63) is 0 Å². The summed E-state index contributed by atoms with van der Waals surface area (Å²) in [6, 6.07) is 1.18. The summed E-state index contributed by atoms with van der Waals surface area (Å²) in [5, 5.41) is 3.60.